The molecule has 5 nitrogen and oxygen atoms in total. The number of aliphatic hydroxyl groups excluding tert-OH is 1. The van der Waals surface area contributed by atoms with Crippen molar-refractivity contribution in [2.45, 2.75) is 64.6 Å². The van der Waals surface area contributed by atoms with E-state index in [-0.39, 0.29) is 12.0 Å². The van der Waals surface area contributed by atoms with Crippen LogP contribution in [0.2, 0.25) is 0 Å². The van der Waals surface area contributed by atoms with Crippen LogP contribution in [0.25, 0.3) is 0 Å². The monoisotopic (exact) mass is 353 g/mol. The Morgan fingerprint density at radius 1 is 1.24 bits per heavy atom. The number of carbonyl (C=O) groups is 1. The zero-order valence-electron chi connectivity index (χ0n) is 15.8. The van der Waals surface area contributed by atoms with Crippen molar-refractivity contribution in [3.63, 3.8) is 0 Å². The number of aliphatic carboxylic acids is 1. The minimum Gasteiger partial charge on any atom is -0.481 e. The van der Waals surface area contributed by atoms with E-state index in [2.05, 4.69) is 18.7 Å². The van der Waals surface area contributed by atoms with Crippen molar-refractivity contribution in [3.8, 4) is 0 Å². The van der Waals surface area contributed by atoms with Crippen LogP contribution in [0.5, 0.6) is 0 Å². The van der Waals surface area contributed by atoms with Gasteiger partial charge in [0.2, 0.25) is 0 Å². The van der Waals surface area contributed by atoms with E-state index in [1.54, 1.807) is 0 Å². The van der Waals surface area contributed by atoms with Gasteiger partial charge in [0.1, 0.15) is 0 Å². The fraction of sp³-hybridized carbons (Fsp3) is 0.950. The van der Waals surface area contributed by atoms with Gasteiger partial charge in [-0.05, 0) is 56.3 Å². The molecule has 3 fully saturated rings. The van der Waals surface area contributed by atoms with Crippen LogP contribution in [0.1, 0.15) is 52.4 Å². The molecule has 5 heteroatoms. The van der Waals surface area contributed by atoms with E-state index in [1.807, 2.05) is 0 Å². The topological polar surface area (TPSA) is 70.0 Å². The summed E-state index contributed by atoms with van der Waals surface area (Å²) in [4.78, 5) is 13.0. The number of aliphatic hydroxyl groups is 1. The van der Waals surface area contributed by atoms with Gasteiger partial charge in [-0.3, -0.25) is 4.79 Å². The summed E-state index contributed by atoms with van der Waals surface area (Å²) in [5.41, 5.74) is 0. The van der Waals surface area contributed by atoms with Crippen molar-refractivity contribution in [2.24, 2.45) is 29.6 Å². The lowest BCUT2D eigenvalue weighted by Gasteiger charge is -2.42. The highest BCUT2D eigenvalue weighted by Crippen LogP contribution is 2.44. The molecule has 2 saturated heterocycles. The minimum absolute atomic E-state index is 0.209. The number of ether oxygens (including phenoxy) is 1. The number of fused-ring (bicyclic) bond motifs is 1. The van der Waals surface area contributed by atoms with E-state index in [4.69, 9.17) is 9.84 Å². The van der Waals surface area contributed by atoms with Crippen LogP contribution in [-0.4, -0.2) is 59.5 Å². The molecular weight excluding hydrogens is 318 g/mol. The van der Waals surface area contributed by atoms with Gasteiger partial charge >= 0.3 is 5.97 Å². The third-order valence-electron chi connectivity index (χ3n) is 7.11. The number of hydrogen-bond acceptors (Lipinski definition) is 4. The summed E-state index contributed by atoms with van der Waals surface area (Å²) < 4.78 is 6.05. The van der Waals surface area contributed by atoms with Gasteiger partial charge in [-0.2, -0.15) is 0 Å². The second-order valence-corrected chi connectivity index (χ2v) is 8.75. The van der Waals surface area contributed by atoms with Gasteiger partial charge in [0, 0.05) is 19.6 Å². The molecule has 2 aliphatic heterocycles. The molecule has 2 heterocycles. The van der Waals surface area contributed by atoms with Crippen LogP contribution in [0.15, 0.2) is 0 Å². The lowest BCUT2D eigenvalue weighted by molar-refractivity contribution is -0.147. The standard InChI is InChI=1S/C20H35NO4/c1-13-6-7-15-4-3-5-17(18(15)12-25-13)14(2)19(22)8-9-21-10-16(11-21)20(23)24/h13-19,22H,3-12H2,1-2H3,(H,23,24). The molecule has 144 valence electrons. The zero-order chi connectivity index (χ0) is 18.0. The molecule has 2 N–H and O–H groups in total. The van der Waals surface area contributed by atoms with Crippen LogP contribution in [0.3, 0.4) is 0 Å². The Balaban J connectivity index is 1.49. The highest BCUT2D eigenvalue weighted by Gasteiger charge is 2.40. The first-order valence-corrected chi connectivity index (χ1v) is 10.2. The third kappa shape index (κ3) is 4.55. The third-order valence-corrected chi connectivity index (χ3v) is 7.11. The second kappa shape index (κ2) is 8.36. The quantitative estimate of drug-likeness (QED) is 0.768. The summed E-state index contributed by atoms with van der Waals surface area (Å²) in [6.07, 6.45) is 7.09. The van der Waals surface area contributed by atoms with E-state index in [9.17, 15) is 9.90 Å². The molecule has 0 aromatic rings. The summed E-state index contributed by atoms with van der Waals surface area (Å²) in [7, 11) is 0. The summed E-state index contributed by atoms with van der Waals surface area (Å²) in [5.74, 6) is 1.32. The fourth-order valence-corrected chi connectivity index (χ4v) is 5.24. The van der Waals surface area contributed by atoms with Gasteiger partial charge in [-0.1, -0.05) is 19.8 Å². The van der Waals surface area contributed by atoms with E-state index in [0.717, 1.165) is 25.5 Å². The first kappa shape index (κ1) is 19.1. The SMILES string of the molecule is CC1CCC2CCCC(C(C)C(O)CCN3CC(C(=O)O)C3)C2CO1. The molecule has 3 rings (SSSR count). The summed E-state index contributed by atoms with van der Waals surface area (Å²) >= 11 is 0. The van der Waals surface area contributed by atoms with Crippen molar-refractivity contribution in [1.29, 1.82) is 0 Å². The smallest absolute Gasteiger partial charge is 0.309 e. The number of likely N-dealkylation sites (tertiary alicyclic amines) is 1. The Morgan fingerprint density at radius 2 is 2.00 bits per heavy atom. The van der Waals surface area contributed by atoms with Gasteiger partial charge in [-0.15, -0.1) is 0 Å². The van der Waals surface area contributed by atoms with Crippen molar-refractivity contribution < 1.29 is 19.7 Å². The molecule has 0 spiro atoms. The lowest BCUT2D eigenvalue weighted by atomic mass is 9.65. The zero-order valence-corrected chi connectivity index (χ0v) is 15.8. The van der Waals surface area contributed by atoms with Gasteiger partial charge in [-0.25, -0.2) is 0 Å². The van der Waals surface area contributed by atoms with Crippen molar-refractivity contribution in [2.75, 3.05) is 26.2 Å². The molecule has 25 heavy (non-hydrogen) atoms. The summed E-state index contributed by atoms with van der Waals surface area (Å²) in [6.45, 7) is 7.33. The van der Waals surface area contributed by atoms with Crippen LogP contribution in [0.4, 0.5) is 0 Å². The average Bonchev–Trinajstić information content (AvgIpc) is 2.74. The predicted octanol–water partition coefficient (Wildman–Crippen LogP) is 2.62. The molecule has 1 saturated carbocycles. The molecule has 0 radical (unpaired) electrons. The molecule has 6 atom stereocenters. The van der Waals surface area contributed by atoms with Gasteiger partial charge in [0.15, 0.2) is 0 Å². The molecule has 1 aliphatic carbocycles. The second-order valence-electron chi connectivity index (χ2n) is 8.75. The maximum absolute atomic E-state index is 10.9. The maximum atomic E-state index is 10.9. The van der Waals surface area contributed by atoms with Crippen LogP contribution in [0, 0.1) is 29.6 Å². The number of carboxylic acid groups (broad SMARTS) is 1. The largest absolute Gasteiger partial charge is 0.481 e. The maximum Gasteiger partial charge on any atom is 0.309 e. The molecule has 0 bridgehead atoms. The molecule has 0 aromatic carbocycles. The Morgan fingerprint density at radius 3 is 2.72 bits per heavy atom. The number of rotatable bonds is 6. The first-order chi connectivity index (χ1) is 12.0. The Labute approximate surface area is 151 Å². The average molecular weight is 354 g/mol. The van der Waals surface area contributed by atoms with Crippen molar-refractivity contribution in [3.05, 3.63) is 0 Å². The van der Waals surface area contributed by atoms with Crippen molar-refractivity contribution in [1.82, 2.24) is 4.90 Å². The number of hydrogen-bond donors (Lipinski definition) is 2. The summed E-state index contributed by atoms with van der Waals surface area (Å²) in [6, 6.07) is 0. The van der Waals surface area contributed by atoms with Crippen LogP contribution >= 0.6 is 0 Å². The van der Waals surface area contributed by atoms with Crippen LogP contribution < -0.4 is 0 Å². The molecule has 3 aliphatic rings. The molecule has 0 amide bonds. The Hall–Kier alpha value is -0.650. The lowest BCUT2D eigenvalue weighted by Crippen LogP contribution is -2.51. The fourth-order valence-electron chi connectivity index (χ4n) is 5.24. The minimum atomic E-state index is -0.694. The first-order valence-electron chi connectivity index (χ1n) is 10.2. The summed E-state index contributed by atoms with van der Waals surface area (Å²) in [5, 5.41) is 19.7. The van der Waals surface area contributed by atoms with E-state index in [1.165, 1.54) is 32.1 Å². The Bertz CT molecular complexity index is 451. The number of nitrogens with zero attached hydrogens (tertiary/aromatic N) is 1. The van der Waals surface area contributed by atoms with Gasteiger partial charge < -0.3 is 19.8 Å². The normalized spacial score (nSPS) is 36.8. The molecule has 0 aromatic heterocycles. The van der Waals surface area contributed by atoms with Gasteiger partial charge in [0.05, 0.1) is 24.7 Å². The molecule has 6 unspecified atom stereocenters. The number of carboxylic acids is 1. The molecular formula is C20H35NO4. The van der Waals surface area contributed by atoms with Crippen molar-refractivity contribution >= 4 is 5.97 Å². The Kier molecular flexibility index (Phi) is 6.39. The van der Waals surface area contributed by atoms with Gasteiger partial charge in [0.25, 0.3) is 0 Å². The van der Waals surface area contributed by atoms with E-state index < -0.39 is 5.97 Å². The predicted molar refractivity (Wildman–Crippen MR) is 96.3 cm³/mol. The van der Waals surface area contributed by atoms with E-state index >= 15 is 0 Å². The highest BCUT2D eigenvalue weighted by atomic mass is 16.5. The highest BCUT2D eigenvalue weighted by molar-refractivity contribution is 5.71. The van der Waals surface area contributed by atoms with E-state index in [0.29, 0.717) is 36.9 Å². The van der Waals surface area contributed by atoms with Crippen LogP contribution in [-0.2, 0) is 9.53 Å².